The molecule has 4 heteroatoms. The topological polar surface area (TPSA) is 28.7 Å². The summed E-state index contributed by atoms with van der Waals surface area (Å²) in [4.78, 5) is 1.64. The molecule has 0 aliphatic rings. The number of nitrogens with one attached hydrogen (secondary N) is 1. The Balaban J connectivity index is 1.88. The largest absolute Gasteiger partial charge is 0.278 e. The maximum absolute atomic E-state index is 14.1. The number of aromatic amines is 1. The number of halogens is 1. The molecule has 1 heterocycles. The Morgan fingerprint density at radius 3 is 2.53 bits per heavy atom. The summed E-state index contributed by atoms with van der Waals surface area (Å²) in [6.45, 7) is 0. The van der Waals surface area contributed by atoms with Crippen molar-refractivity contribution in [2.75, 3.05) is 0 Å². The standard InChI is InChI=1S/C15H11FN2S/c16-13-10-11(14-8-9-17-18-14)6-7-15(13)19-12-4-2-1-3-5-12/h1-10H,(H,17,18). The maximum atomic E-state index is 14.1. The van der Waals surface area contributed by atoms with Crippen LogP contribution in [0.1, 0.15) is 0 Å². The molecule has 0 fully saturated rings. The minimum absolute atomic E-state index is 0.221. The van der Waals surface area contributed by atoms with Crippen molar-refractivity contribution in [1.29, 1.82) is 0 Å². The summed E-state index contributed by atoms with van der Waals surface area (Å²) < 4.78 is 14.1. The van der Waals surface area contributed by atoms with E-state index in [0.717, 1.165) is 16.2 Å². The number of aromatic nitrogens is 2. The van der Waals surface area contributed by atoms with Crippen molar-refractivity contribution in [3.8, 4) is 11.3 Å². The van der Waals surface area contributed by atoms with Crippen molar-refractivity contribution in [2.45, 2.75) is 9.79 Å². The third-order valence-corrected chi connectivity index (χ3v) is 3.77. The van der Waals surface area contributed by atoms with Crippen LogP contribution in [0.4, 0.5) is 4.39 Å². The summed E-state index contributed by atoms with van der Waals surface area (Å²) >= 11 is 1.42. The SMILES string of the molecule is Fc1cc(-c2ccn[nH]2)ccc1Sc1ccccc1. The summed E-state index contributed by atoms with van der Waals surface area (Å²) in [5.74, 6) is -0.221. The summed E-state index contributed by atoms with van der Waals surface area (Å²) in [5, 5.41) is 6.69. The first-order valence-electron chi connectivity index (χ1n) is 5.85. The monoisotopic (exact) mass is 270 g/mol. The first-order chi connectivity index (χ1) is 9.33. The molecule has 0 amide bonds. The van der Waals surface area contributed by atoms with E-state index in [-0.39, 0.29) is 5.82 Å². The molecule has 1 aromatic heterocycles. The lowest BCUT2D eigenvalue weighted by molar-refractivity contribution is 0.602. The Bertz CT molecular complexity index is 666. The fraction of sp³-hybridized carbons (Fsp3) is 0. The van der Waals surface area contributed by atoms with Gasteiger partial charge in [-0.15, -0.1) is 0 Å². The lowest BCUT2D eigenvalue weighted by Gasteiger charge is -2.05. The third kappa shape index (κ3) is 2.69. The second kappa shape index (κ2) is 5.28. The van der Waals surface area contributed by atoms with Gasteiger partial charge in [-0.2, -0.15) is 5.10 Å². The van der Waals surface area contributed by atoms with Gasteiger partial charge in [0.25, 0.3) is 0 Å². The molecule has 3 rings (SSSR count). The van der Waals surface area contributed by atoms with Gasteiger partial charge in [-0.25, -0.2) is 4.39 Å². The Kier molecular flexibility index (Phi) is 3.33. The van der Waals surface area contributed by atoms with Gasteiger partial charge in [0.2, 0.25) is 0 Å². The van der Waals surface area contributed by atoms with Gasteiger partial charge in [0.05, 0.1) is 5.69 Å². The van der Waals surface area contributed by atoms with Crippen molar-refractivity contribution in [3.63, 3.8) is 0 Å². The molecule has 3 aromatic rings. The molecule has 19 heavy (non-hydrogen) atoms. The number of rotatable bonds is 3. The molecule has 0 atom stereocenters. The van der Waals surface area contributed by atoms with Gasteiger partial charge in [0.15, 0.2) is 0 Å². The van der Waals surface area contributed by atoms with Gasteiger partial charge in [-0.1, -0.05) is 36.0 Å². The summed E-state index contributed by atoms with van der Waals surface area (Å²) in [5.41, 5.74) is 1.61. The zero-order chi connectivity index (χ0) is 13.1. The van der Waals surface area contributed by atoms with E-state index in [1.165, 1.54) is 17.8 Å². The Morgan fingerprint density at radius 1 is 1.00 bits per heavy atom. The highest BCUT2D eigenvalue weighted by molar-refractivity contribution is 7.99. The van der Waals surface area contributed by atoms with E-state index in [0.29, 0.717) is 4.90 Å². The Labute approximate surface area is 114 Å². The van der Waals surface area contributed by atoms with Crippen LogP contribution >= 0.6 is 11.8 Å². The van der Waals surface area contributed by atoms with Crippen LogP contribution in [0.15, 0.2) is 70.6 Å². The molecule has 1 N–H and O–H groups in total. The number of nitrogens with zero attached hydrogens (tertiary/aromatic N) is 1. The molecule has 0 aliphatic heterocycles. The lowest BCUT2D eigenvalue weighted by Crippen LogP contribution is -1.85. The van der Waals surface area contributed by atoms with Gasteiger partial charge in [0.1, 0.15) is 5.82 Å². The van der Waals surface area contributed by atoms with Crippen LogP contribution in [-0.4, -0.2) is 10.2 Å². The highest BCUT2D eigenvalue weighted by Gasteiger charge is 2.07. The molecule has 0 aliphatic carbocycles. The molecular formula is C15H11FN2S. The van der Waals surface area contributed by atoms with E-state index in [4.69, 9.17) is 0 Å². The number of hydrogen-bond donors (Lipinski definition) is 1. The fourth-order valence-electron chi connectivity index (χ4n) is 1.78. The highest BCUT2D eigenvalue weighted by Crippen LogP contribution is 2.31. The second-order valence-electron chi connectivity index (χ2n) is 4.03. The quantitative estimate of drug-likeness (QED) is 0.765. The molecule has 0 spiro atoms. The van der Waals surface area contributed by atoms with Crippen molar-refractivity contribution in [1.82, 2.24) is 10.2 Å². The first-order valence-corrected chi connectivity index (χ1v) is 6.67. The van der Waals surface area contributed by atoms with Crippen LogP contribution in [0, 0.1) is 5.82 Å². The summed E-state index contributed by atoms with van der Waals surface area (Å²) in [6, 6.07) is 16.8. The Hall–Kier alpha value is -2.07. The van der Waals surface area contributed by atoms with Crippen LogP contribution in [0.2, 0.25) is 0 Å². The van der Waals surface area contributed by atoms with Gasteiger partial charge >= 0.3 is 0 Å². The highest BCUT2D eigenvalue weighted by atomic mass is 32.2. The van der Waals surface area contributed by atoms with Gasteiger partial charge < -0.3 is 0 Å². The number of H-pyrrole nitrogens is 1. The summed E-state index contributed by atoms with van der Waals surface area (Å²) in [6.07, 6.45) is 1.65. The van der Waals surface area contributed by atoms with E-state index in [1.807, 2.05) is 42.5 Å². The molecule has 0 bridgehead atoms. The molecule has 0 radical (unpaired) electrons. The zero-order valence-electron chi connectivity index (χ0n) is 10.0. The molecule has 0 unspecified atom stereocenters. The first kappa shape index (κ1) is 12.0. The van der Waals surface area contributed by atoms with Crippen LogP contribution in [-0.2, 0) is 0 Å². The van der Waals surface area contributed by atoms with Crippen molar-refractivity contribution >= 4 is 11.8 Å². The molecule has 2 aromatic carbocycles. The minimum atomic E-state index is -0.221. The van der Waals surface area contributed by atoms with Crippen LogP contribution in [0.5, 0.6) is 0 Å². The minimum Gasteiger partial charge on any atom is -0.278 e. The van der Waals surface area contributed by atoms with E-state index in [2.05, 4.69) is 10.2 Å². The van der Waals surface area contributed by atoms with E-state index >= 15 is 0 Å². The zero-order valence-corrected chi connectivity index (χ0v) is 10.8. The molecule has 94 valence electrons. The normalized spacial score (nSPS) is 10.6. The average molecular weight is 270 g/mol. The number of hydrogen-bond acceptors (Lipinski definition) is 2. The van der Waals surface area contributed by atoms with Crippen molar-refractivity contribution in [2.24, 2.45) is 0 Å². The number of benzene rings is 2. The van der Waals surface area contributed by atoms with Crippen LogP contribution in [0.3, 0.4) is 0 Å². The van der Waals surface area contributed by atoms with E-state index in [1.54, 1.807) is 12.3 Å². The average Bonchev–Trinajstić information content (AvgIpc) is 2.96. The van der Waals surface area contributed by atoms with Crippen molar-refractivity contribution in [3.05, 3.63) is 66.6 Å². The second-order valence-corrected chi connectivity index (χ2v) is 5.15. The molecule has 0 saturated heterocycles. The van der Waals surface area contributed by atoms with Gasteiger partial charge in [0, 0.05) is 21.6 Å². The van der Waals surface area contributed by atoms with Gasteiger partial charge in [-0.05, 0) is 30.3 Å². The molecular weight excluding hydrogens is 259 g/mol. The van der Waals surface area contributed by atoms with Crippen LogP contribution in [0.25, 0.3) is 11.3 Å². The molecule has 2 nitrogen and oxygen atoms in total. The fourth-order valence-corrected chi connectivity index (χ4v) is 2.62. The van der Waals surface area contributed by atoms with Crippen LogP contribution < -0.4 is 0 Å². The predicted molar refractivity (Wildman–Crippen MR) is 74.5 cm³/mol. The lowest BCUT2D eigenvalue weighted by atomic mass is 10.1. The van der Waals surface area contributed by atoms with Crippen molar-refractivity contribution < 1.29 is 4.39 Å². The Morgan fingerprint density at radius 2 is 1.84 bits per heavy atom. The van der Waals surface area contributed by atoms with E-state index in [9.17, 15) is 4.39 Å². The molecule has 0 saturated carbocycles. The maximum Gasteiger partial charge on any atom is 0.137 e. The van der Waals surface area contributed by atoms with E-state index < -0.39 is 0 Å². The predicted octanol–water partition coefficient (Wildman–Crippen LogP) is 4.37. The smallest absolute Gasteiger partial charge is 0.137 e. The third-order valence-electron chi connectivity index (χ3n) is 2.71. The summed E-state index contributed by atoms with van der Waals surface area (Å²) in [7, 11) is 0. The van der Waals surface area contributed by atoms with Gasteiger partial charge in [-0.3, -0.25) is 5.10 Å².